The summed E-state index contributed by atoms with van der Waals surface area (Å²) in [6.07, 6.45) is -3.31. The number of rotatable bonds is 5. The Morgan fingerprint density at radius 1 is 1.03 bits per heavy atom. The van der Waals surface area contributed by atoms with E-state index in [0.717, 1.165) is 12.1 Å². The molecule has 3 rings (SSSR count). The molecule has 1 aromatic heterocycles. The van der Waals surface area contributed by atoms with Gasteiger partial charge in [0.05, 0.1) is 21.8 Å². The van der Waals surface area contributed by atoms with Gasteiger partial charge in [0.2, 0.25) is 6.10 Å². The molecule has 0 spiro atoms. The molecule has 30 heavy (non-hydrogen) atoms. The summed E-state index contributed by atoms with van der Waals surface area (Å²) in [6.45, 7) is 0. The largest absolute Gasteiger partial charge is 0.444 e. The van der Waals surface area contributed by atoms with Crippen molar-refractivity contribution in [3.8, 4) is 0 Å². The van der Waals surface area contributed by atoms with Crippen molar-refractivity contribution in [1.29, 1.82) is 0 Å². The fourth-order valence-corrected chi connectivity index (χ4v) is 2.72. The Balaban J connectivity index is 1.89. The van der Waals surface area contributed by atoms with E-state index in [4.69, 9.17) is 16.3 Å². The Hall–Kier alpha value is -3.39. The zero-order valence-electron chi connectivity index (χ0n) is 15.2. The standard InChI is InChI=1S/C21H14ClF3N2O3/c22-16-9-8-15(21(23,24)25)11-17(16)27-19(28)18(13-5-2-1-3-6-13)30-20(29)14-7-4-10-26-12-14/h1-12,18H,(H,27,28)/t18-/m0/s1. The van der Waals surface area contributed by atoms with Gasteiger partial charge < -0.3 is 10.1 Å². The molecule has 1 atom stereocenters. The number of nitrogens with zero attached hydrogens (tertiary/aromatic N) is 1. The van der Waals surface area contributed by atoms with Gasteiger partial charge in [-0.05, 0) is 30.3 Å². The molecule has 0 unspecified atom stereocenters. The van der Waals surface area contributed by atoms with Crippen LogP contribution in [0.25, 0.3) is 0 Å². The highest BCUT2D eigenvalue weighted by molar-refractivity contribution is 6.33. The van der Waals surface area contributed by atoms with Crippen LogP contribution >= 0.6 is 11.6 Å². The highest BCUT2D eigenvalue weighted by atomic mass is 35.5. The van der Waals surface area contributed by atoms with Crippen molar-refractivity contribution in [3.05, 3.63) is 94.8 Å². The first-order chi connectivity index (χ1) is 14.3. The molecule has 0 saturated heterocycles. The number of carbonyl (C=O) groups excluding carboxylic acids is 2. The van der Waals surface area contributed by atoms with E-state index in [2.05, 4.69) is 10.3 Å². The molecule has 154 valence electrons. The summed E-state index contributed by atoms with van der Waals surface area (Å²) in [5, 5.41) is 2.22. The first kappa shape index (κ1) is 21.3. The molecule has 0 aliphatic rings. The molecule has 0 fully saturated rings. The number of pyridine rings is 1. The van der Waals surface area contributed by atoms with Crippen LogP contribution in [-0.4, -0.2) is 16.9 Å². The second kappa shape index (κ2) is 8.96. The van der Waals surface area contributed by atoms with Crippen LogP contribution in [0.1, 0.15) is 27.6 Å². The van der Waals surface area contributed by atoms with E-state index in [0.29, 0.717) is 11.6 Å². The van der Waals surface area contributed by atoms with Crippen LogP contribution in [0.2, 0.25) is 5.02 Å². The molecule has 3 aromatic rings. The number of alkyl halides is 3. The van der Waals surface area contributed by atoms with Crippen LogP contribution in [0.5, 0.6) is 0 Å². The number of halogens is 4. The lowest BCUT2D eigenvalue weighted by atomic mass is 10.1. The van der Waals surface area contributed by atoms with Gasteiger partial charge in [-0.15, -0.1) is 0 Å². The van der Waals surface area contributed by atoms with Gasteiger partial charge in [0.1, 0.15) is 0 Å². The molecule has 1 N–H and O–H groups in total. The monoisotopic (exact) mass is 434 g/mol. The van der Waals surface area contributed by atoms with Gasteiger partial charge in [-0.25, -0.2) is 4.79 Å². The van der Waals surface area contributed by atoms with Gasteiger partial charge in [-0.3, -0.25) is 9.78 Å². The number of amides is 1. The third-order valence-electron chi connectivity index (χ3n) is 4.01. The minimum Gasteiger partial charge on any atom is -0.444 e. The third-order valence-corrected chi connectivity index (χ3v) is 4.34. The van der Waals surface area contributed by atoms with Crippen LogP contribution < -0.4 is 5.32 Å². The highest BCUT2D eigenvalue weighted by Crippen LogP contribution is 2.34. The van der Waals surface area contributed by atoms with E-state index in [1.54, 1.807) is 30.3 Å². The predicted molar refractivity (Wildman–Crippen MR) is 104 cm³/mol. The Bertz CT molecular complexity index is 1040. The third kappa shape index (κ3) is 5.15. The highest BCUT2D eigenvalue weighted by Gasteiger charge is 2.32. The fourth-order valence-electron chi connectivity index (χ4n) is 2.56. The summed E-state index contributed by atoms with van der Waals surface area (Å²) in [6, 6.07) is 13.6. The van der Waals surface area contributed by atoms with Gasteiger partial charge >= 0.3 is 12.1 Å². The molecule has 2 aromatic carbocycles. The van der Waals surface area contributed by atoms with Gasteiger partial charge in [0.15, 0.2) is 0 Å². The van der Waals surface area contributed by atoms with Crippen molar-refractivity contribution < 1.29 is 27.5 Å². The van der Waals surface area contributed by atoms with Crippen molar-refractivity contribution >= 4 is 29.2 Å². The van der Waals surface area contributed by atoms with Crippen LogP contribution in [0, 0.1) is 0 Å². The molecule has 0 aliphatic heterocycles. The normalized spacial score (nSPS) is 12.1. The molecule has 5 nitrogen and oxygen atoms in total. The van der Waals surface area contributed by atoms with Gasteiger partial charge in [0, 0.05) is 18.0 Å². The fraction of sp³-hybridized carbons (Fsp3) is 0.0952. The number of carbonyl (C=O) groups is 2. The summed E-state index contributed by atoms with van der Waals surface area (Å²) in [5.74, 6) is -1.68. The van der Waals surface area contributed by atoms with Crippen LogP contribution in [-0.2, 0) is 15.7 Å². The van der Waals surface area contributed by atoms with E-state index < -0.39 is 29.7 Å². The maximum atomic E-state index is 13.0. The smallest absolute Gasteiger partial charge is 0.416 e. The molecular formula is C21H14ClF3N2O3. The molecule has 0 aliphatic carbocycles. The number of nitrogens with one attached hydrogen (secondary N) is 1. The van der Waals surface area contributed by atoms with Gasteiger partial charge in [0.25, 0.3) is 5.91 Å². The van der Waals surface area contributed by atoms with Crippen molar-refractivity contribution in [2.75, 3.05) is 5.32 Å². The first-order valence-electron chi connectivity index (χ1n) is 8.59. The lowest BCUT2D eigenvalue weighted by Crippen LogP contribution is -2.26. The van der Waals surface area contributed by atoms with E-state index in [1.165, 1.54) is 24.5 Å². The number of anilines is 1. The molecule has 0 saturated carbocycles. The van der Waals surface area contributed by atoms with Crippen LogP contribution in [0.3, 0.4) is 0 Å². The summed E-state index contributed by atoms with van der Waals surface area (Å²) >= 11 is 5.94. The number of ether oxygens (including phenoxy) is 1. The number of benzene rings is 2. The van der Waals surface area contributed by atoms with Gasteiger partial charge in [-0.1, -0.05) is 41.9 Å². The Kier molecular flexibility index (Phi) is 6.37. The zero-order valence-corrected chi connectivity index (χ0v) is 15.9. The molecule has 9 heteroatoms. The maximum absolute atomic E-state index is 13.0. The van der Waals surface area contributed by atoms with Gasteiger partial charge in [-0.2, -0.15) is 13.2 Å². The molecule has 1 heterocycles. The first-order valence-corrected chi connectivity index (χ1v) is 8.97. The zero-order chi connectivity index (χ0) is 21.7. The minimum absolute atomic E-state index is 0.0956. The Labute approximate surface area is 174 Å². The summed E-state index contributed by atoms with van der Waals surface area (Å²) in [5.41, 5.74) is -0.792. The van der Waals surface area contributed by atoms with Crippen LogP contribution in [0.15, 0.2) is 73.1 Å². The van der Waals surface area contributed by atoms with Crippen LogP contribution in [0.4, 0.5) is 18.9 Å². The van der Waals surface area contributed by atoms with E-state index in [-0.39, 0.29) is 16.3 Å². The van der Waals surface area contributed by atoms with E-state index >= 15 is 0 Å². The number of aromatic nitrogens is 1. The lowest BCUT2D eigenvalue weighted by Gasteiger charge is -2.19. The average Bonchev–Trinajstić information content (AvgIpc) is 2.73. The van der Waals surface area contributed by atoms with E-state index in [9.17, 15) is 22.8 Å². The molecule has 1 amide bonds. The van der Waals surface area contributed by atoms with Crippen molar-refractivity contribution in [3.63, 3.8) is 0 Å². The number of esters is 1. The average molecular weight is 435 g/mol. The SMILES string of the molecule is O=C(O[C@H](C(=O)Nc1cc(C(F)(F)F)ccc1Cl)c1ccccc1)c1cccnc1. The quantitative estimate of drug-likeness (QED) is 0.554. The summed E-state index contributed by atoms with van der Waals surface area (Å²) < 4.78 is 44.3. The molecule has 0 radical (unpaired) electrons. The van der Waals surface area contributed by atoms with Crippen molar-refractivity contribution in [1.82, 2.24) is 4.98 Å². The summed E-state index contributed by atoms with van der Waals surface area (Å²) in [7, 11) is 0. The summed E-state index contributed by atoms with van der Waals surface area (Å²) in [4.78, 5) is 29.1. The molecular weight excluding hydrogens is 421 g/mol. The lowest BCUT2D eigenvalue weighted by molar-refractivity contribution is -0.137. The maximum Gasteiger partial charge on any atom is 0.416 e. The van der Waals surface area contributed by atoms with Crippen molar-refractivity contribution in [2.45, 2.75) is 12.3 Å². The predicted octanol–water partition coefficient (Wildman–Crippen LogP) is 5.29. The Morgan fingerprint density at radius 2 is 1.77 bits per heavy atom. The number of hydrogen-bond acceptors (Lipinski definition) is 4. The molecule has 0 bridgehead atoms. The number of hydrogen-bond donors (Lipinski definition) is 1. The topological polar surface area (TPSA) is 68.3 Å². The Morgan fingerprint density at radius 3 is 2.40 bits per heavy atom. The van der Waals surface area contributed by atoms with E-state index in [1.807, 2.05) is 0 Å². The van der Waals surface area contributed by atoms with Crippen molar-refractivity contribution in [2.24, 2.45) is 0 Å². The second-order valence-electron chi connectivity index (χ2n) is 6.12. The minimum atomic E-state index is -4.62. The second-order valence-corrected chi connectivity index (χ2v) is 6.53.